The van der Waals surface area contributed by atoms with Crippen LogP contribution in [0.4, 0.5) is 0 Å². The van der Waals surface area contributed by atoms with Crippen molar-refractivity contribution in [3.05, 3.63) is 41.7 Å². The molecule has 1 aromatic heterocycles. The van der Waals surface area contributed by atoms with Crippen LogP contribution in [0.5, 0.6) is 0 Å². The Labute approximate surface area is 103 Å². The van der Waals surface area contributed by atoms with Crippen LogP contribution in [0.3, 0.4) is 0 Å². The molecule has 1 aliphatic rings. The number of nitrogens with zero attached hydrogens (tertiary/aromatic N) is 1. The van der Waals surface area contributed by atoms with E-state index in [2.05, 4.69) is 28.6 Å². The summed E-state index contributed by atoms with van der Waals surface area (Å²) >= 11 is 0. The van der Waals surface area contributed by atoms with E-state index in [1.165, 1.54) is 31.2 Å². The molecule has 2 rings (SSSR count). The molecule has 1 aliphatic carbocycles. The standard InChI is InChI=1S/C14H21N3/c15-17-14(10-12-4-2-1-3-5-12)11-13-6-8-16-9-7-13/h4,6-9,14,17H,1-3,5,10-11,15H2. The van der Waals surface area contributed by atoms with Crippen molar-refractivity contribution in [3.8, 4) is 0 Å². The molecule has 3 nitrogen and oxygen atoms in total. The Bertz CT molecular complexity index is 359. The molecule has 3 heteroatoms. The number of allylic oxidation sites excluding steroid dienone is 1. The monoisotopic (exact) mass is 231 g/mol. The number of nitrogens with one attached hydrogen (secondary N) is 1. The number of pyridine rings is 1. The van der Waals surface area contributed by atoms with E-state index in [1.807, 2.05) is 12.4 Å². The quantitative estimate of drug-likeness (QED) is 0.464. The van der Waals surface area contributed by atoms with Gasteiger partial charge in [0.15, 0.2) is 0 Å². The molecule has 0 radical (unpaired) electrons. The third-order valence-corrected chi connectivity index (χ3v) is 3.36. The van der Waals surface area contributed by atoms with Crippen molar-refractivity contribution in [2.45, 2.75) is 44.6 Å². The van der Waals surface area contributed by atoms with Gasteiger partial charge in [0.2, 0.25) is 0 Å². The number of hydrogen-bond donors (Lipinski definition) is 2. The van der Waals surface area contributed by atoms with Crippen molar-refractivity contribution in [1.29, 1.82) is 0 Å². The van der Waals surface area contributed by atoms with Crippen molar-refractivity contribution >= 4 is 0 Å². The molecule has 1 aromatic rings. The Morgan fingerprint density at radius 2 is 2.06 bits per heavy atom. The second-order valence-corrected chi connectivity index (χ2v) is 4.74. The largest absolute Gasteiger partial charge is 0.271 e. The van der Waals surface area contributed by atoms with E-state index in [-0.39, 0.29) is 0 Å². The molecule has 1 heterocycles. The fourth-order valence-corrected chi connectivity index (χ4v) is 2.40. The molecular formula is C14H21N3. The van der Waals surface area contributed by atoms with Gasteiger partial charge in [-0.2, -0.15) is 0 Å². The summed E-state index contributed by atoms with van der Waals surface area (Å²) in [6.07, 6.45) is 13.3. The number of rotatable bonds is 5. The first-order valence-corrected chi connectivity index (χ1v) is 6.41. The first-order valence-electron chi connectivity index (χ1n) is 6.41. The number of hydrazine groups is 1. The zero-order chi connectivity index (χ0) is 11.9. The van der Waals surface area contributed by atoms with Crippen LogP contribution in [-0.2, 0) is 6.42 Å². The second-order valence-electron chi connectivity index (χ2n) is 4.74. The molecule has 0 saturated carbocycles. The molecular weight excluding hydrogens is 210 g/mol. The molecule has 92 valence electrons. The van der Waals surface area contributed by atoms with Gasteiger partial charge in [0.1, 0.15) is 0 Å². The minimum absolute atomic E-state index is 0.335. The third kappa shape index (κ3) is 3.95. The Balaban J connectivity index is 1.90. The highest BCUT2D eigenvalue weighted by atomic mass is 15.2. The van der Waals surface area contributed by atoms with Crippen LogP contribution < -0.4 is 11.3 Å². The fraction of sp³-hybridized carbons (Fsp3) is 0.500. The minimum Gasteiger partial charge on any atom is -0.271 e. The fourth-order valence-electron chi connectivity index (χ4n) is 2.40. The minimum atomic E-state index is 0.335. The average Bonchev–Trinajstić information content (AvgIpc) is 2.40. The van der Waals surface area contributed by atoms with Crippen LogP contribution in [0.1, 0.15) is 37.7 Å². The average molecular weight is 231 g/mol. The molecule has 0 aliphatic heterocycles. The molecule has 1 atom stereocenters. The van der Waals surface area contributed by atoms with E-state index in [0.29, 0.717) is 6.04 Å². The summed E-state index contributed by atoms with van der Waals surface area (Å²) < 4.78 is 0. The molecule has 3 N–H and O–H groups in total. The zero-order valence-electron chi connectivity index (χ0n) is 10.2. The Morgan fingerprint density at radius 3 is 2.71 bits per heavy atom. The zero-order valence-corrected chi connectivity index (χ0v) is 10.2. The lowest BCUT2D eigenvalue weighted by Crippen LogP contribution is -2.37. The van der Waals surface area contributed by atoms with Crippen molar-refractivity contribution in [2.24, 2.45) is 5.84 Å². The van der Waals surface area contributed by atoms with Gasteiger partial charge in [0.05, 0.1) is 0 Å². The highest BCUT2D eigenvalue weighted by Gasteiger charge is 2.12. The van der Waals surface area contributed by atoms with Gasteiger partial charge in [-0.1, -0.05) is 11.6 Å². The SMILES string of the molecule is NNC(CC1=CCCCC1)Cc1ccncc1. The van der Waals surface area contributed by atoms with Gasteiger partial charge in [-0.25, -0.2) is 0 Å². The van der Waals surface area contributed by atoms with Gasteiger partial charge in [-0.05, 0) is 56.2 Å². The maximum Gasteiger partial charge on any atom is 0.0288 e. The molecule has 0 aromatic carbocycles. The van der Waals surface area contributed by atoms with Crippen LogP contribution in [0.25, 0.3) is 0 Å². The molecule has 0 amide bonds. The number of aromatic nitrogens is 1. The van der Waals surface area contributed by atoms with Crippen molar-refractivity contribution in [1.82, 2.24) is 10.4 Å². The van der Waals surface area contributed by atoms with Gasteiger partial charge in [0.25, 0.3) is 0 Å². The summed E-state index contributed by atoms with van der Waals surface area (Å²) in [6, 6.07) is 4.45. The lowest BCUT2D eigenvalue weighted by molar-refractivity contribution is 0.504. The summed E-state index contributed by atoms with van der Waals surface area (Å²) in [5.41, 5.74) is 5.79. The second kappa shape index (κ2) is 6.52. The molecule has 0 saturated heterocycles. The molecule has 1 unspecified atom stereocenters. The van der Waals surface area contributed by atoms with E-state index in [4.69, 9.17) is 5.84 Å². The van der Waals surface area contributed by atoms with E-state index in [1.54, 1.807) is 5.57 Å². The predicted molar refractivity (Wildman–Crippen MR) is 70.2 cm³/mol. The highest BCUT2D eigenvalue weighted by Crippen LogP contribution is 2.22. The molecule has 0 bridgehead atoms. The van der Waals surface area contributed by atoms with E-state index in [0.717, 1.165) is 12.8 Å². The highest BCUT2D eigenvalue weighted by molar-refractivity contribution is 5.14. The van der Waals surface area contributed by atoms with E-state index >= 15 is 0 Å². The van der Waals surface area contributed by atoms with Crippen molar-refractivity contribution in [3.63, 3.8) is 0 Å². The van der Waals surface area contributed by atoms with Crippen LogP contribution in [0.15, 0.2) is 36.2 Å². The number of hydrogen-bond acceptors (Lipinski definition) is 3. The summed E-state index contributed by atoms with van der Waals surface area (Å²) in [4.78, 5) is 4.03. The topological polar surface area (TPSA) is 50.9 Å². The predicted octanol–water partition coefficient (Wildman–Crippen LogP) is 2.35. The lowest BCUT2D eigenvalue weighted by atomic mass is 9.92. The van der Waals surface area contributed by atoms with Crippen molar-refractivity contribution in [2.75, 3.05) is 0 Å². The Kier molecular flexibility index (Phi) is 4.71. The van der Waals surface area contributed by atoms with Crippen LogP contribution in [-0.4, -0.2) is 11.0 Å². The van der Waals surface area contributed by atoms with E-state index in [9.17, 15) is 0 Å². The Morgan fingerprint density at radius 1 is 1.24 bits per heavy atom. The lowest BCUT2D eigenvalue weighted by Gasteiger charge is -2.20. The molecule has 0 fully saturated rings. The van der Waals surface area contributed by atoms with Gasteiger partial charge < -0.3 is 0 Å². The number of nitrogens with two attached hydrogens (primary N) is 1. The molecule has 0 spiro atoms. The summed E-state index contributed by atoms with van der Waals surface area (Å²) in [6.45, 7) is 0. The van der Waals surface area contributed by atoms with Crippen LogP contribution in [0.2, 0.25) is 0 Å². The smallest absolute Gasteiger partial charge is 0.0288 e. The van der Waals surface area contributed by atoms with Crippen molar-refractivity contribution < 1.29 is 0 Å². The first kappa shape index (κ1) is 12.3. The van der Waals surface area contributed by atoms with E-state index < -0.39 is 0 Å². The van der Waals surface area contributed by atoms with Gasteiger partial charge in [0, 0.05) is 18.4 Å². The summed E-state index contributed by atoms with van der Waals surface area (Å²) in [5.74, 6) is 5.64. The Hall–Kier alpha value is -1.19. The summed E-state index contributed by atoms with van der Waals surface area (Å²) in [5, 5.41) is 0. The third-order valence-electron chi connectivity index (χ3n) is 3.36. The summed E-state index contributed by atoms with van der Waals surface area (Å²) in [7, 11) is 0. The van der Waals surface area contributed by atoms with Gasteiger partial charge in [-0.15, -0.1) is 0 Å². The van der Waals surface area contributed by atoms with Crippen LogP contribution in [0, 0.1) is 0 Å². The maximum absolute atomic E-state index is 5.64. The molecule has 17 heavy (non-hydrogen) atoms. The maximum atomic E-state index is 5.64. The van der Waals surface area contributed by atoms with Gasteiger partial charge in [-0.3, -0.25) is 16.3 Å². The first-order chi connectivity index (χ1) is 8.38. The van der Waals surface area contributed by atoms with Gasteiger partial charge >= 0.3 is 0 Å². The normalized spacial score (nSPS) is 17.6. The van der Waals surface area contributed by atoms with Crippen LogP contribution >= 0.6 is 0 Å².